The SMILES string of the molecule is CC(C)OC(=O)Cc1cc(N(N)C(N)=O)c(Cl)c(N(N)C(N)=O)c1. The molecule has 0 aromatic heterocycles. The van der Waals surface area contributed by atoms with Gasteiger partial charge in [0.25, 0.3) is 0 Å². The zero-order valence-corrected chi connectivity index (χ0v) is 13.9. The van der Waals surface area contributed by atoms with Crippen molar-refractivity contribution in [2.24, 2.45) is 23.2 Å². The van der Waals surface area contributed by atoms with Gasteiger partial charge >= 0.3 is 18.0 Å². The summed E-state index contributed by atoms with van der Waals surface area (Å²) in [5.74, 6) is 10.6. The summed E-state index contributed by atoms with van der Waals surface area (Å²) in [6.07, 6.45) is -0.480. The number of halogens is 1. The van der Waals surface area contributed by atoms with Crippen molar-refractivity contribution < 1.29 is 19.1 Å². The van der Waals surface area contributed by atoms with E-state index >= 15 is 0 Å². The van der Waals surface area contributed by atoms with Crippen molar-refractivity contribution in [1.82, 2.24) is 0 Å². The van der Waals surface area contributed by atoms with Gasteiger partial charge in [0.15, 0.2) is 0 Å². The maximum Gasteiger partial charge on any atom is 0.333 e. The van der Waals surface area contributed by atoms with E-state index in [-0.39, 0.29) is 28.9 Å². The smallest absolute Gasteiger partial charge is 0.333 e. The number of rotatable bonds is 5. The molecule has 11 heteroatoms. The third-order valence-corrected chi connectivity index (χ3v) is 3.19. The molecule has 4 amide bonds. The molecule has 10 nitrogen and oxygen atoms in total. The van der Waals surface area contributed by atoms with Gasteiger partial charge < -0.3 is 16.2 Å². The van der Waals surface area contributed by atoms with Crippen molar-refractivity contribution in [3.8, 4) is 0 Å². The first-order valence-electron chi connectivity index (χ1n) is 6.75. The molecule has 0 fully saturated rings. The van der Waals surface area contributed by atoms with E-state index in [1.807, 2.05) is 0 Å². The maximum absolute atomic E-state index is 11.8. The van der Waals surface area contributed by atoms with Crippen LogP contribution in [0.3, 0.4) is 0 Å². The molecule has 0 aliphatic heterocycles. The topological polar surface area (TPSA) is 171 Å². The quantitative estimate of drug-likeness (QED) is 0.256. The van der Waals surface area contributed by atoms with Gasteiger partial charge in [-0.05, 0) is 31.5 Å². The fourth-order valence-corrected chi connectivity index (χ4v) is 2.10. The van der Waals surface area contributed by atoms with Crippen LogP contribution in [0, 0.1) is 0 Å². The van der Waals surface area contributed by atoms with Gasteiger partial charge in [-0.25, -0.2) is 31.3 Å². The Morgan fingerprint density at radius 3 is 1.83 bits per heavy atom. The molecule has 1 aromatic carbocycles. The average molecular weight is 359 g/mol. The number of nitrogens with zero attached hydrogens (tertiary/aromatic N) is 2. The number of esters is 1. The molecule has 0 spiro atoms. The number of anilines is 2. The van der Waals surface area contributed by atoms with Crippen LogP contribution in [0.4, 0.5) is 21.0 Å². The molecule has 0 aliphatic rings. The fourth-order valence-electron chi connectivity index (χ4n) is 1.81. The number of primary amides is 2. The van der Waals surface area contributed by atoms with Crippen molar-refractivity contribution in [3.05, 3.63) is 22.7 Å². The molecule has 0 bridgehead atoms. The third-order valence-electron chi connectivity index (χ3n) is 2.80. The van der Waals surface area contributed by atoms with Crippen LogP contribution in [0.25, 0.3) is 0 Å². The molecule has 0 aliphatic carbocycles. The molecule has 24 heavy (non-hydrogen) atoms. The lowest BCUT2D eigenvalue weighted by molar-refractivity contribution is -0.146. The van der Waals surface area contributed by atoms with Crippen LogP contribution >= 0.6 is 11.6 Å². The molecular formula is C13H19ClN6O4. The van der Waals surface area contributed by atoms with Crippen LogP contribution < -0.4 is 33.2 Å². The maximum atomic E-state index is 11.8. The highest BCUT2D eigenvalue weighted by molar-refractivity contribution is 6.37. The number of hydrazine groups is 2. The predicted molar refractivity (Wildman–Crippen MR) is 88.9 cm³/mol. The molecule has 0 atom stereocenters. The Labute approximate surface area is 143 Å². The van der Waals surface area contributed by atoms with Crippen LogP contribution in [0.1, 0.15) is 19.4 Å². The second-order valence-electron chi connectivity index (χ2n) is 5.08. The summed E-state index contributed by atoms with van der Waals surface area (Å²) in [7, 11) is 0. The highest BCUT2D eigenvalue weighted by atomic mass is 35.5. The molecule has 0 heterocycles. The van der Waals surface area contributed by atoms with Gasteiger partial charge in [0.2, 0.25) is 0 Å². The Hall–Kier alpha value is -2.56. The average Bonchev–Trinajstić information content (AvgIpc) is 2.46. The molecule has 0 radical (unpaired) electrons. The number of urea groups is 2. The molecule has 132 valence electrons. The molecule has 0 saturated carbocycles. The van der Waals surface area contributed by atoms with Gasteiger partial charge in [0, 0.05) is 0 Å². The van der Waals surface area contributed by atoms with Gasteiger partial charge in [0.05, 0.1) is 28.9 Å². The van der Waals surface area contributed by atoms with Crippen LogP contribution in [0.5, 0.6) is 0 Å². The number of carbonyl (C=O) groups excluding carboxylic acids is 3. The Morgan fingerprint density at radius 1 is 1.08 bits per heavy atom. The predicted octanol–water partition coefficient (Wildman–Crippen LogP) is 0.352. The third kappa shape index (κ3) is 4.72. The van der Waals surface area contributed by atoms with E-state index in [1.165, 1.54) is 12.1 Å². The minimum Gasteiger partial charge on any atom is -0.463 e. The largest absolute Gasteiger partial charge is 0.463 e. The van der Waals surface area contributed by atoms with Gasteiger partial charge in [-0.15, -0.1) is 0 Å². The molecular weight excluding hydrogens is 340 g/mol. The lowest BCUT2D eigenvalue weighted by atomic mass is 10.1. The van der Waals surface area contributed by atoms with Gasteiger partial charge in [-0.1, -0.05) is 11.6 Å². The van der Waals surface area contributed by atoms with Crippen molar-refractivity contribution in [3.63, 3.8) is 0 Å². The number of hydrogen-bond acceptors (Lipinski definition) is 6. The van der Waals surface area contributed by atoms with Crippen molar-refractivity contribution >= 4 is 41.0 Å². The van der Waals surface area contributed by atoms with Crippen LogP contribution in [-0.2, 0) is 16.0 Å². The van der Waals surface area contributed by atoms with Crippen molar-refractivity contribution in [1.29, 1.82) is 0 Å². The highest BCUT2D eigenvalue weighted by Crippen LogP contribution is 2.35. The fraction of sp³-hybridized carbons (Fsp3) is 0.308. The minimum atomic E-state index is -1.01. The molecule has 1 aromatic rings. The second kappa shape index (κ2) is 7.81. The van der Waals surface area contributed by atoms with E-state index in [0.29, 0.717) is 15.6 Å². The van der Waals surface area contributed by atoms with Gasteiger partial charge in [-0.2, -0.15) is 0 Å². The summed E-state index contributed by atoms with van der Waals surface area (Å²) in [4.78, 5) is 34.4. The van der Waals surface area contributed by atoms with Gasteiger partial charge in [-0.3, -0.25) is 4.79 Å². The molecule has 8 N–H and O–H groups in total. The second-order valence-corrected chi connectivity index (χ2v) is 5.46. The minimum absolute atomic E-state index is 0.0503. The lowest BCUT2D eigenvalue weighted by Crippen LogP contribution is -2.43. The highest BCUT2D eigenvalue weighted by Gasteiger charge is 2.22. The Bertz CT molecular complexity index is 625. The number of hydrogen-bond donors (Lipinski definition) is 4. The lowest BCUT2D eigenvalue weighted by Gasteiger charge is -2.22. The number of benzene rings is 1. The van der Waals surface area contributed by atoms with Crippen LogP contribution in [0.2, 0.25) is 5.02 Å². The van der Waals surface area contributed by atoms with E-state index in [4.69, 9.17) is 39.5 Å². The number of carbonyl (C=O) groups is 3. The van der Waals surface area contributed by atoms with Crippen molar-refractivity contribution in [2.45, 2.75) is 26.4 Å². The molecule has 0 saturated heterocycles. The van der Waals surface area contributed by atoms with E-state index in [0.717, 1.165) is 0 Å². The Kier molecular flexibility index (Phi) is 6.35. The summed E-state index contributed by atoms with van der Waals surface area (Å²) >= 11 is 6.10. The van der Waals surface area contributed by atoms with Crippen molar-refractivity contribution in [2.75, 3.05) is 10.0 Å². The van der Waals surface area contributed by atoms with E-state index in [1.54, 1.807) is 13.8 Å². The molecule has 1 rings (SSSR count). The summed E-state index contributed by atoms with van der Waals surface area (Å²) < 4.78 is 5.04. The zero-order valence-electron chi connectivity index (χ0n) is 13.2. The Morgan fingerprint density at radius 2 is 1.50 bits per heavy atom. The number of ether oxygens (including phenoxy) is 1. The number of nitrogens with two attached hydrogens (primary N) is 4. The first kappa shape index (κ1) is 19.5. The zero-order chi connectivity index (χ0) is 18.6. The summed E-state index contributed by atoms with van der Waals surface area (Å²) in [6, 6.07) is 0.694. The van der Waals surface area contributed by atoms with Crippen LogP contribution in [-0.4, -0.2) is 24.1 Å². The standard InChI is InChI=1S/C13H19ClN6O4/c1-6(2)24-10(21)5-7-3-8(19(17)12(15)22)11(14)9(4-7)20(18)13(16)23/h3-4,6H,5,17-18H2,1-2H3,(H2,15,22)(H2,16,23). The number of amides is 4. The van der Waals surface area contributed by atoms with Crippen LogP contribution in [0.15, 0.2) is 12.1 Å². The van der Waals surface area contributed by atoms with E-state index in [2.05, 4.69) is 0 Å². The summed E-state index contributed by atoms with van der Waals surface area (Å²) in [5, 5.41) is 0.967. The Balaban J connectivity index is 3.36. The van der Waals surface area contributed by atoms with E-state index in [9.17, 15) is 14.4 Å². The molecule has 0 unspecified atom stereocenters. The summed E-state index contributed by atoms with van der Waals surface area (Å²) in [5.41, 5.74) is 10.5. The normalized spacial score (nSPS) is 10.4. The van der Waals surface area contributed by atoms with E-state index < -0.39 is 18.0 Å². The van der Waals surface area contributed by atoms with Gasteiger partial charge in [0.1, 0.15) is 0 Å². The first-order valence-corrected chi connectivity index (χ1v) is 7.12. The monoisotopic (exact) mass is 358 g/mol. The summed E-state index contributed by atoms with van der Waals surface area (Å²) in [6.45, 7) is 3.39. The first-order chi connectivity index (χ1) is 11.0.